The molecule has 3 heterocycles. The summed E-state index contributed by atoms with van der Waals surface area (Å²) < 4.78 is 1.94. The van der Waals surface area contributed by atoms with E-state index in [1.807, 2.05) is 29.8 Å². The van der Waals surface area contributed by atoms with Crippen LogP contribution in [0.3, 0.4) is 0 Å². The molecule has 3 aromatic heterocycles. The van der Waals surface area contributed by atoms with Crippen LogP contribution in [0.4, 0.5) is 5.13 Å². The third kappa shape index (κ3) is 3.17. The fourth-order valence-electron chi connectivity index (χ4n) is 2.45. The van der Waals surface area contributed by atoms with Crippen LogP contribution in [0.15, 0.2) is 34.9 Å². The summed E-state index contributed by atoms with van der Waals surface area (Å²) in [7, 11) is 1.91. The molecule has 1 amide bonds. The number of fused-ring (bicyclic) bond motifs is 3. The minimum absolute atomic E-state index is 0.160. The molecule has 4 aromatic rings. The second-order valence-electron chi connectivity index (χ2n) is 5.16. The Balaban J connectivity index is 1.58. The SMILES string of the molecule is Cn1c2ccc(Cl)cc2c2nnc(SCC(=O)Nc3nccs3)nc21. The molecule has 0 saturated carbocycles. The minimum atomic E-state index is -0.160. The molecule has 0 aliphatic carbocycles. The Morgan fingerprint density at radius 2 is 2.28 bits per heavy atom. The highest BCUT2D eigenvalue weighted by atomic mass is 35.5. The standard InChI is InChI=1S/C15H11ClN6OS2/c1-22-10-3-2-8(16)6-9(10)12-13(22)19-15(21-20-12)25-7-11(23)18-14-17-4-5-24-14/h2-6H,7H2,1H3,(H,17,18,23). The summed E-state index contributed by atoms with van der Waals surface area (Å²) in [5.74, 6) is 0.0233. The summed E-state index contributed by atoms with van der Waals surface area (Å²) in [5, 5.41) is 15.5. The van der Waals surface area contributed by atoms with Gasteiger partial charge in [0.25, 0.3) is 0 Å². The van der Waals surface area contributed by atoms with Crippen molar-refractivity contribution in [2.24, 2.45) is 7.05 Å². The van der Waals surface area contributed by atoms with Gasteiger partial charge in [-0.05, 0) is 18.2 Å². The lowest BCUT2D eigenvalue weighted by Crippen LogP contribution is -2.14. The molecular weight excluding hydrogens is 380 g/mol. The van der Waals surface area contributed by atoms with Gasteiger partial charge in [0.1, 0.15) is 5.52 Å². The number of nitrogens with one attached hydrogen (secondary N) is 1. The van der Waals surface area contributed by atoms with Gasteiger partial charge in [0.2, 0.25) is 11.1 Å². The number of thioether (sulfide) groups is 1. The largest absolute Gasteiger partial charge is 0.327 e. The number of carbonyl (C=O) groups excluding carboxylic acids is 1. The molecule has 10 heteroatoms. The van der Waals surface area contributed by atoms with Crippen LogP contribution < -0.4 is 5.32 Å². The third-order valence-corrected chi connectivity index (χ3v) is 5.31. The quantitative estimate of drug-likeness (QED) is 0.538. The number of thiazole rings is 1. The molecule has 4 rings (SSSR count). The van der Waals surface area contributed by atoms with Gasteiger partial charge in [0.05, 0.1) is 11.3 Å². The number of benzene rings is 1. The van der Waals surface area contributed by atoms with Crippen molar-refractivity contribution < 1.29 is 4.79 Å². The van der Waals surface area contributed by atoms with Crippen molar-refractivity contribution in [1.29, 1.82) is 0 Å². The monoisotopic (exact) mass is 390 g/mol. The Morgan fingerprint density at radius 3 is 3.08 bits per heavy atom. The van der Waals surface area contributed by atoms with Gasteiger partial charge < -0.3 is 9.88 Å². The molecule has 0 atom stereocenters. The number of aryl methyl sites for hydroxylation is 1. The Bertz CT molecular complexity index is 1080. The van der Waals surface area contributed by atoms with Crippen molar-refractivity contribution >= 4 is 67.8 Å². The summed E-state index contributed by atoms with van der Waals surface area (Å²) in [5.41, 5.74) is 2.37. The van der Waals surface area contributed by atoms with Gasteiger partial charge in [0, 0.05) is 29.0 Å². The molecule has 25 heavy (non-hydrogen) atoms. The average Bonchev–Trinajstić information content (AvgIpc) is 3.20. The van der Waals surface area contributed by atoms with Gasteiger partial charge in [-0.15, -0.1) is 21.5 Å². The molecule has 0 bridgehead atoms. The van der Waals surface area contributed by atoms with E-state index in [1.165, 1.54) is 23.1 Å². The molecule has 0 radical (unpaired) electrons. The predicted molar refractivity (Wildman–Crippen MR) is 100 cm³/mol. The maximum absolute atomic E-state index is 11.9. The number of hydrogen-bond donors (Lipinski definition) is 1. The first-order valence-electron chi connectivity index (χ1n) is 7.22. The molecule has 0 saturated heterocycles. The zero-order valence-corrected chi connectivity index (χ0v) is 15.3. The summed E-state index contributed by atoms with van der Waals surface area (Å²) in [6.45, 7) is 0. The third-order valence-electron chi connectivity index (χ3n) is 3.55. The predicted octanol–water partition coefficient (Wildman–Crippen LogP) is 3.36. The van der Waals surface area contributed by atoms with E-state index >= 15 is 0 Å². The maximum atomic E-state index is 11.9. The Morgan fingerprint density at radius 1 is 1.40 bits per heavy atom. The fraction of sp³-hybridized carbons (Fsp3) is 0.133. The van der Waals surface area contributed by atoms with E-state index in [4.69, 9.17) is 11.6 Å². The highest BCUT2D eigenvalue weighted by Crippen LogP contribution is 2.28. The van der Waals surface area contributed by atoms with Crippen molar-refractivity contribution in [1.82, 2.24) is 24.7 Å². The summed E-state index contributed by atoms with van der Waals surface area (Å²) in [6, 6.07) is 5.61. The molecule has 0 fully saturated rings. The van der Waals surface area contributed by atoms with E-state index in [9.17, 15) is 4.79 Å². The Labute approximate surface area is 155 Å². The lowest BCUT2D eigenvalue weighted by molar-refractivity contribution is -0.113. The van der Waals surface area contributed by atoms with Crippen molar-refractivity contribution in [2.45, 2.75) is 5.16 Å². The van der Waals surface area contributed by atoms with Gasteiger partial charge in [-0.3, -0.25) is 4.79 Å². The van der Waals surface area contributed by atoms with Crippen LogP contribution in [0.2, 0.25) is 5.02 Å². The smallest absolute Gasteiger partial charge is 0.236 e. The topological polar surface area (TPSA) is 85.6 Å². The number of hydrogen-bond acceptors (Lipinski definition) is 7. The molecule has 0 spiro atoms. The Kier molecular flexibility index (Phi) is 4.28. The summed E-state index contributed by atoms with van der Waals surface area (Å²) in [4.78, 5) is 20.5. The van der Waals surface area contributed by atoms with Gasteiger partial charge in [0.15, 0.2) is 10.8 Å². The summed E-state index contributed by atoms with van der Waals surface area (Å²) in [6.07, 6.45) is 1.64. The number of aromatic nitrogens is 5. The van der Waals surface area contributed by atoms with Crippen LogP contribution in [0, 0.1) is 0 Å². The first-order chi connectivity index (χ1) is 12.1. The number of carbonyl (C=O) groups is 1. The molecule has 7 nitrogen and oxygen atoms in total. The van der Waals surface area contributed by atoms with Crippen LogP contribution in [0.1, 0.15) is 0 Å². The van der Waals surface area contributed by atoms with E-state index in [1.54, 1.807) is 11.6 Å². The molecule has 0 aliphatic rings. The van der Waals surface area contributed by atoms with Gasteiger partial charge in [-0.2, -0.15) is 0 Å². The highest BCUT2D eigenvalue weighted by Gasteiger charge is 2.14. The average molecular weight is 391 g/mol. The van der Waals surface area contributed by atoms with E-state index < -0.39 is 0 Å². The molecule has 1 N–H and O–H groups in total. The van der Waals surface area contributed by atoms with Crippen molar-refractivity contribution in [3.05, 3.63) is 34.8 Å². The normalized spacial score (nSPS) is 11.3. The van der Waals surface area contributed by atoms with Crippen molar-refractivity contribution in [3.63, 3.8) is 0 Å². The number of nitrogens with zero attached hydrogens (tertiary/aromatic N) is 5. The first-order valence-corrected chi connectivity index (χ1v) is 9.46. The van der Waals surface area contributed by atoms with Crippen molar-refractivity contribution in [3.8, 4) is 0 Å². The van der Waals surface area contributed by atoms with Gasteiger partial charge in [-0.1, -0.05) is 23.4 Å². The van der Waals surface area contributed by atoms with Gasteiger partial charge in [-0.25, -0.2) is 9.97 Å². The van der Waals surface area contributed by atoms with E-state index in [2.05, 4.69) is 25.5 Å². The van der Waals surface area contributed by atoms with E-state index in [0.717, 1.165) is 10.9 Å². The second-order valence-corrected chi connectivity index (χ2v) is 7.43. The number of halogens is 1. The van der Waals surface area contributed by atoms with E-state index in [-0.39, 0.29) is 11.7 Å². The zero-order valence-electron chi connectivity index (χ0n) is 12.9. The van der Waals surface area contributed by atoms with Crippen LogP contribution in [-0.2, 0) is 11.8 Å². The fourth-order valence-corrected chi connectivity index (χ4v) is 3.75. The van der Waals surface area contributed by atoms with Crippen LogP contribution >= 0.6 is 34.7 Å². The van der Waals surface area contributed by atoms with E-state index in [0.29, 0.717) is 26.5 Å². The summed E-state index contributed by atoms with van der Waals surface area (Å²) >= 11 is 8.67. The van der Waals surface area contributed by atoms with Crippen molar-refractivity contribution in [2.75, 3.05) is 11.1 Å². The highest BCUT2D eigenvalue weighted by molar-refractivity contribution is 7.99. The zero-order chi connectivity index (χ0) is 17.4. The first kappa shape index (κ1) is 16.2. The molecule has 126 valence electrons. The number of rotatable bonds is 4. The Hall–Kier alpha value is -2.23. The number of amides is 1. The van der Waals surface area contributed by atoms with Crippen LogP contribution in [-0.4, -0.2) is 36.4 Å². The molecule has 0 unspecified atom stereocenters. The number of anilines is 1. The lowest BCUT2D eigenvalue weighted by atomic mass is 10.2. The molecular formula is C15H11ClN6OS2. The molecule has 1 aromatic carbocycles. The molecule has 0 aliphatic heterocycles. The minimum Gasteiger partial charge on any atom is -0.327 e. The van der Waals surface area contributed by atoms with Crippen LogP contribution in [0.5, 0.6) is 0 Å². The maximum Gasteiger partial charge on any atom is 0.236 e. The van der Waals surface area contributed by atoms with Crippen LogP contribution in [0.25, 0.3) is 22.1 Å². The van der Waals surface area contributed by atoms with Gasteiger partial charge >= 0.3 is 0 Å². The lowest BCUT2D eigenvalue weighted by Gasteiger charge is -2.01. The second kappa shape index (κ2) is 6.58.